The molecule has 0 spiro atoms. The van der Waals surface area contributed by atoms with E-state index in [2.05, 4.69) is 5.32 Å². The molecular formula is C23H23NO3. The Bertz CT molecular complexity index is 767. The summed E-state index contributed by atoms with van der Waals surface area (Å²) in [7, 11) is 0. The number of rotatable bonds is 7. The number of carboxylic acids is 1. The average molecular weight is 361 g/mol. The number of nitrogens with one attached hydrogen (secondary N) is 1. The zero-order valence-electron chi connectivity index (χ0n) is 15.1. The lowest BCUT2D eigenvalue weighted by atomic mass is 9.76. The van der Waals surface area contributed by atoms with Crippen LogP contribution in [-0.2, 0) is 10.3 Å². The van der Waals surface area contributed by atoms with Crippen LogP contribution in [0.1, 0.15) is 23.6 Å². The second-order valence-electron chi connectivity index (χ2n) is 6.55. The Balaban J connectivity index is 2.30. The normalized spacial score (nSPS) is 13.7. The summed E-state index contributed by atoms with van der Waals surface area (Å²) >= 11 is 0. The lowest BCUT2D eigenvalue weighted by Crippen LogP contribution is -2.56. The molecule has 4 nitrogen and oxygen atoms in total. The first-order valence-corrected chi connectivity index (χ1v) is 8.91. The molecule has 27 heavy (non-hydrogen) atoms. The summed E-state index contributed by atoms with van der Waals surface area (Å²) in [6.45, 7) is 1.48. The quantitative estimate of drug-likeness (QED) is 0.564. The van der Waals surface area contributed by atoms with Crippen LogP contribution in [0.15, 0.2) is 91.0 Å². The van der Waals surface area contributed by atoms with Gasteiger partial charge in [-0.3, -0.25) is 10.1 Å². The molecule has 2 atom stereocenters. The van der Waals surface area contributed by atoms with E-state index in [1.165, 1.54) is 6.92 Å². The maximum absolute atomic E-state index is 11.9. The van der Waals surface area contributed by atoms with E-state index in [0.29, 0.717) is 0 Å². The van der Waals surface area contributed by atoms with Crippen LogP contribution in [0.25, 0.3) is 0 Å². The SMILES string of the molecule is C[C@H](O)[C@H](NC(c1ccccc1)(c1ccccc1)c1ccccc1)C(=O)O. The van der Waals surface area contributed by atoms with Gasteiger partial charge >= 0.3 is 5.97 Å². The highest BCUT2D eigenvalue weighted by Crippen LogP contribution is 2.37. The third-order valence-electron chi connectivity index (χ3n) is 4.74. The highest BCUT2D eigenvalue weighted by atomic mass is 16.4. The molecule has 0 saturated heterocycles. The molecule has 0 radical (unpaired) electrons. The van der Waals surface area contributed by atoms with Gasteiger partial charge < -0.3 is 10.2 Å². The van der Waals surface area contributed by atoms with Crippen molar-refractivity contribution >= 4 is 5.97 Å². The number of aliphatic hydroxyl groups excluding tert-OH is 1. The largest absolute Gasteiger partial charge is 0.480 e. The molecule has 4 heteroatoms. The Morgan fingerprint density at radius 1 is 0.778 bits per heavy atom. The first-order chi connectivity index (χ1) is 13.1. The molecule has 0 aliphatic rings. The molecule has 0 bridgehead atoms. The van der Waals surface area contributed by atoms with E-state index in [1.54, 1.807) is 0 Å². The van der Waals surface area contributed by atoms with Gasteiger partial charge in [-0.05, 0) is 23.6 Å². The van der Waals surface area contributed by atoms with Gasteiger partial charge in [0.05, 0.1) is 11.6 Å². The smallest absolute Gasteiger partial charge is 0.323 e. The molecule has 0 saturated carbocycles. The highest BCUT2D eigenvalue weighted by molar-refractivity contribution is 5.75. The van der Waals surface area contributed by atoms with Crippen molar-refractivity contribution in [3.8, 4) is 0 Å². The second-order valence-corrected chi connectivity index (χ2v) is 6.55. The number of aliphatic hydroxyl groups is 1. The molecule has 0 aliphatic carbocycles. The fourth-order valence-electron chi connectivity index (χ4n) is 3.44. The summed E-state index contributed by atoms with van der Waals surface area (Å²) in [4.78, 5) is 11.9. The van der Waals surface area contributed by atoms with Gasteiger partial charge in [-0.25, -0.2) is 0 Å². The van der Waals surface area contributed by atoms with Crippen LogP contribution in [-0.4, -0.2) is 28.3 Å². The van der Waals surface area contributed by atoms with Crippen molar-refractivity contribution in [2.24, 2.45) is 0 Å². The van der Waals surface area contributed by atoms with Gasteiger partial charge in [0.15, 0.2) is 0 Å². The van der Waals surface area contributed by atoms with E-state index in [-0.39, 0.29) is 0 Å². The molecule has 0 aromatic heterocycles. The Kier molecular flexibility index (Phi) is 5.69. The maximum Gasteiger partial charge on any atom is 0.323 e. The van der Waals surface area contributed by atoms with E-state index < -0.39 is 23.7 Å². The summed E-state index contributed by atoms with van der Waals surface area (Å²) in [6, 6.07) is 28.0. The molecule has 3 aromatic rings. The summed E-state index contributed by atoms with van der Waals surface area (Å²) in [6.07, 6.45) is -1.07. The maximum atomic E-state index is 11.9. The molecule has 138 valence electrons. The lowest BCUT2D eigenvalue weighted by Gasteiger charge is -2.39. The Morgan fingerprint density at radius 2 is 1.11 bits per heavy atom. The Hall–Kier alpha value is -2.95. The monoisotopic (exact) mass is 361 g/mol. The minimum Gasteiger partial charge on any atom is -0.480 e. The van der Waals surface area contributed by atoms with Gasteiger partial charge in [0.1, 0.15) is 6.04 Å². The zero-order chi connectivity index (χ0) is 19.3. The van der Waals surface area contributed by atoms with Crippen LogP contribution < -0.4 is 5.32 Å². The van der Waals surface area contributed by atoms with Crippen LogP contribution in [0.5, 0.6) is 0 Å². The standard InChI is InChI=1S/C23H23NO3/c1-17(25)21(22(26)27)24-23(18-11-5-2-6-12-18,19-13-7-3-8-14-19)20-15-9-4-10-16-20/h2-17,21,24-25H,1H3,(H,26,27)/t17-,21-/m0/s1. The van der Waals surface area contributed by atoms with Gasteiger partial charge in [0, 0.05) is 0 Å². The van der Waals surface area contributed by atoms with Gasteiger partial charge in [0.2, 0.25) is 0 Å². The number of hydrogen-bond acceptors (Lipinski definition) is 3. The number of aliphatic carboxylic acids is 1. The van der Waals surface area contributed by atoms with Gasteiger partial charge in [-0.1, -0.05) is 91.0 Å². The molecule has 3 N–H and O–H groups in total. The molecule has 0 amide bonds. The summed E-state index contributed by atoms with van der Waals surface area (Å²) in [5.41, 5.74) is 1.77. The number of carboxylic acid groups (broad SMARTS) is 1. The number of benzene rings is 3. The van der Waals surface area contributed by atoms with Crippen molar-refractivity contribution in [1.29, 1.82) is 0 Å². The van der Waals surface area contributed by atoms with E-state index in [4.69, 9.17) is 0 Å². The van der Waals surface area contributed by atoms with Gasteiger partial charge in [0.25, 0.3) is 0 Å². The average Bonchev–Trinajstić information content (AvgIpc) is 2.70. The van der Waals surface area contributed by atoms with Gasteiger partial charge in [-0.15, -0.1) is 0 Å². The van der Waals surface area contributed by atoms with E-state index >= 15 is 0 Å². The fraction of sp³-hybridized carbons (Fsp3) is 0.174. The van der Waals surface area contributed by atoms with Crippen molar-refractivity contribution in [1.82, 2.24) is 5.32 Å². The molecule has 0 fully saturated rings. The van der Waals surface area contributed by atoms with E-state index in [1.807, 2.05) is 91.0 Å². The molecule has 0 unspecified atom stereocenters. The van der Waals surface area contributed by atoms with Crippen molar-refractivity contribution in [3.63, 3.8) is 0 Å². The highest BCUT2D eigenvalue weighted by Gasteiger charge is 2.41. The molecule has 3 aromatic carbocycles. The van der Waals surface area contributed by atoms with Crippen molar-refractivity contribution in [2.75, 3.05) is 0 Å². The van der Waals surface area contributed by atoms with Crippen LogP contribution in [0.2, 0.25) is 0 Å². The number of carbonyl (C=O) groups is 1. The zero-order valence-corrected chi connectivity index (χ0v) is 15.1. The van der Waals surface area contributed by atoms with Crippen molar-refractivity contribution in [2.45, 2.75) is 24.6 Å². The van der Waals surface area contributed by atoms with E-state index in [0.717, 1.165) is 16.7 Å². The number of hydrogen-bond donors (Lipinski definition) is 3. The summed E-state index contributed by atoms with van der Waals surface area (Å²) < 4.78 is 0. The predicted molar refractivity (Wildman–Crippen MR) is 105 cm³/mol. The Labute approximate surface area is 159 Å². The fourth-order valence-corrected chi connectivity index (χ4v) is 3.44. The van der Waals surface area contributed by atoms with Gasteiger partial charge in [-0.2, -0.15) is 0 Å². The topological polar surface area (TPSA) is 69.6 Å². The summed E-state index contributed by atoms with van der Waals surface area (Å²) in [5, 5.41) is 23.1. The predicted octanol–water partition coefficient (Wildman–Crippen LogP) is 3.40. The van der Waals surface area contributed by atoms with Crippen LogP contribution in [0.4, 0.5) is 0 Å². The second kappa shape index (κ2) is 8.16. The van der Waals surface area contributed by atoms with Crippen molar-refractivity contribution in [3.05, 3.63) is 108 Å². The van der Waals surface area contributed by atoms with Crippen LogP contribution in [0, 0.1) is 0 Å². The van der Waals surface area contributed by atoms with E-state index in [9.17, 15) is 15.0 Å². The minimum absolute atomic E-state index is 0.898. The lowest BCUT2D eigenvalue weighted by molar-refractivity contribution is -0.142. The summed E-state index contributed by atoms with van der Waals surface area (Å²) in [5.74, 6) is -1.10. The van der Waals surface area contributed by atoms with Crippen molar-refractivity contribution < 1.29 is 15.0 Å². The minimum atomic E-state index is -1.15. The first-order valence-electron chi connectivity index (χ1n) is 8.91. The van der Waals surface area contributed by atoms with Crippen LogP contribution in [0.3, 0.4) is 0 Å². The Morgan fingerprint density at radius 3 is 1.37 bits per heavy atom. The van der Waals surface area contributed by atoms with Crippen LogP contribution >= 0.6 is 0 Å². The molecular weight excluding hydrogens is 338 g/mol. The molecule has 0 aliphatic heterocycles. The third kappa shape index (κ3) is 3.77. The first kappa shape index (κ1) is 18.8. The third-order valence-corrected chi connectivity index (χ3v) is 4.74. The molecule has 0 heterocycles. The molecule has 3 rings (SSSR count).